The van der Waals surface area contributed by atoms with Gasteiger partial charge in [0.15, 0.2) is 0 Å². The maximum atomic E-state index is 12.3. The van der Waals surface area contributed by atoms with E-state index >= 15 is 0 Å². The van der Waals surface area contributed by atoms with E-state index < -0.39 is 0 Å². The Morgan fingerprint density at radius 1 is 1.33 bits per heavy atom. The van der Waals surface area contributed by atoms with Gasteiger partial charge < -0.3 is 10.2 Å². The van der Waals surface area contributed by atoms with E-state index in [0.29, 0.717) is 11.7 Å². The number of hydrogen-bond acceptors (Lipinski definition) is 4. The Bertz CT molecular complexity index is 457. The second-order valence-electron chi connectivity index (χ2n) is 5.85. The molecule has 0 unspecified atom stereocenters. The van der Waals surface area contributed by atoms with Crippen LogP contribution in [-0.2, 0) is 0 Å². The summed E-state index contributed by atoms with van der Waals surface area (Å²) in [7, 11) is 1.83. The lowest BCUT2D eigenvalue weighted by molar-refractivity contribution is 0.0787. The third kappa shape index (κ3) is 4.69. The van der Waals surface area contributed by atoms with Crippen molar-refractivity contribution < 1.29 is 4.79 Å². The minimum Gasteiger partial charge on any atom is -0.367 e. The number of rotatable bonds is 6. The van der Waals surface area contributed by atoms with Crippen LogP contribution in [0.4, 0.5) is 5.82 Å². The molecule has 1 amide bonds. The molecule has 5 heteroatoms. The summed E-state index contributed by atoms with van der Waals surface area (Å²) in [5.74, 6) is 0.738. The number of carbonyl (C=O) groups is 1. The molecule has 1 aromatic rings. The van der Waals surface area contributed by atoms with Gasteiger partial charge in [-0.25, -0.2) is 9.97 Å². The molecule has 1 aromatic heterocycles. The first-order valence-electron chi connectivity index (χ1n) is 8.04. The van der Waals surface area contributed by atoms with Gasteiger partial charge in [0.2, 0.25) is 0 Å². The summed E-state index contributed by atoms with van der Waals surface area (Å²) in [6, 6.07) is 2.26. The first kappa shape index (κ1) is 15.7. The first-order valence-corrected chi connectivity index (χ1v) is 8.04. The molecular formula is C16H26N4O. The molecule has 116 valence electrons. The molecule has 21 heavy (non-hydrogen) atoms. The molecule has 2 rings (SSSR count). The SMILES string of the molecule is CCCCN(C)C(=O)c1cc(NC2CCCCC2)ncn1. The standard InChI is InChI=1S/C16H26N4O/c1-3-4-10-20(2)16(21)14-11-15(18-12-17-14)19-13-8-6-5-7-9-13/h11-13H,3-10H2,1-2H3,(H,17,18,19). The fourth-order valence-electron chi connectivity index (χ4n) is 2.70. The fourth-order valence-corrected chi connectivity index (χ4v) is 2.70. The van der Waals surface area contributed by atoms with Crippen LogP contribution in [0, 0.1) is 0 Å². The number of nitrogens with zero attached hydrogens (tertiary/aromatic N) is 3. The molecule has 0 aliphatic heterocycles. The van der Waals surface area contributed by atoms with Gasteiger partial charge in [-0.2, -0.15) is 0 Å². The van der Waals surface area contributed by atoms with Crippen molar-refractivity contribution in [2.24, 2.45) is 0 Å². The minimum atomic E-state index is -0.0301. The molecule has 1 N–H and O–H groups in total. The van der Waals surface area contributed by atoms with Crippen LogP contribution in [0.2, 0.25) is 0 Å². The number of hydrogen-bond donors (Lipinski definition) is 1. The summed E-state index contributed by atoms with van der Waals surface area (Å²) < 4.78 is 0. The first-order chi connectivity index (χ1) is 10.2. The summed E-state index contributed by atoms with van der Waals surface area (Å²) in [4.78, 5) is 22.4. The predicted octanol–water partition coefficient (Wildman–Crippen LogP) is 3.09. The lowest BCUT2D eigenvalue weighted by atomic mass is 9.95. The third-order valence-electron chi connectivity index (χ3n) is 4.04. The average Bonchev–Trinajstić information content (AvgIpc) is 2.53. The van der Waals surface area contributed by atoms with E-state index in [9.17, 15) is 4.79 Å². The maximum Gasteiger partial charge on any atom is 0.272 e. The topological polar surface area (TPSA) is 58.1 Å². The van der Waals surface area contributed by atoms with Crippen molar-refractivity contribution in [2.45, 2.75) is 57.9 Å². The number of unbranched alkanes of at least 4 members (excludes halogenated alkanes) is 1. The van der Waals surface area contributed by atoms with Crippen LogP contribution in [0.3, 0.4) is 0 Å². The van der Waals surface area contributed by atoms with Gasteiger partial charge in [-0.1, -0.05) is 32.6 Å². The summed E-state index contributed by atoms with van der Waals surface area (Å²) in [6.45, 7) is 2.89. The van der Waals surface area contributed by atoms with Gasteiger partial charge >= 0.3 is 0 Å². The van der Waals surface area contributed by atoms with E-state index in [2.05, 4.69) is 22.2 Å². The molecule has 1 heterocycles. The van der Waals surface area contributed by atoms with Crippen molar-refractivity contribution in [1.29, 1.82) is 0 Å². The van der Waals surface area contributed by atoms with Crippen LogP contribution < -0.4 is 5.32 Å². The predicted molar refractivity (Wildman–Crippen MR) is 84.4 cm³/mol. The van der Waals surface area contributed by atoms with Crippen molar-refractivity contribution in [2.75, 3.05) is 18.9 Å². The normalized spacial score (nSPS) is 15.7. The Balaban J connectivity index is 1.97. The van der Waals surface area contributed by atoms with E-state index in [0.717, 1.165) is 25.2 Å². The summed E-state index contributed by atoms with van der Waals surface area (Å²) in [5, 5.41) is 3.44. The van der Waals surface area contributed by atoms with Crippen LogP contribution >= 0.6 is 0 Å². The molecule has 0 saturated heterocycles. The highest BCUT2D eigenvalue weighted by atomic mass is 16.2. The Kier molecular flexibility index (Phi) is 5.96. The maximum absolute atomic E-state index is 12.3. The highest BCUT2D eigenvalue weighted by Crippen LogP contribution is 2.20. The smallest absolute Gasteiger partial charge is 0.272 e. The second-order valence-corrected chi connectivity index (χ2v) is 5.85. The fraction of sp³-hybridized carbons (Fsp3) is 0.688. The zero-order valence-electron chi connectivity index (χ0n) is 13.1. The Labute approximate surface area is 127 Å². The summed E-state index contributed by atoms with van der Waals surface area (Å²) >= 11 is 0. The Morgan fingerprint density at radius 2 is 2.10 bits per heavy atom. The van der Waals surface area contributed by atoms with Crippen molar-refractivity contribution in [3.63, 3.8) is 0 Å². The number of amides is 1. The Hall–Kier alpha value is -1.65. The molecule has 1 fully saturated rings. The molecule has 0 aromatic carbocycles. The van der Waals surface area contributed by atoms with Gasteiger partial charge in [-0.3, -0.25) is 4.79 Å². The molecule has 5 nitrogen and oxygen atoms in total. The van der Waals surface area contributed by atoms with Gasteiger partial charge in [0.25, 0.3) is 5.91 Å². The zero-order valence-corrected chi connectivity index (χ0v) is 13.1. The van der Waals surface area contributed by atoms with Crippen LogP contribution in [0.15, 0.2) is 12.4 Å². The quantitative estimate of drug-likeness (QED) is 0.874. The van der Waals surface area contributed by atoms with Crippen molar-refractivity contribution >= 4 is 11.7 Å². The highest BCUT2D eigenvalue weighted by Gasteiger charge is 2.16. The lowest BCUT2D eigenvalue weighted by Gasteiger charge is -2.23. The molecule has 0 radical (unpaired) electrons. The van der Waals surface area contributed by atoms with Crippen molar-refractivity contribution in [3.05, 3.63) is 18.1 Å². The third-order valence-corrected chi connectivity index (χ3v) is 4.04. The minimum absolute atomic E-state index is 0.0301. The molecule has 1 aliphatic carbocycles. The van der Waals surface area contributed by atoms with Gasteiger partial charge in [0, 0.05) is 25.7 Å². The summed E-state index contributed by atoms with van der Waals surface area (Å²) in [6.07, 6.45) is 9.81. The molecule has 1 saturated carbocycles. The average molecular weight is 290 g/mol. The van der Waals surface area contributed by atoms with E-state index in [-0.39, 0.29) is 5.91 Å². The van der Waals surface area contributed by atoms with Crippen LogP contribution in [-0.4, -0.2) is 40.4 Å². The second kappa shape index (κ2) is 7.96. The zero-order chi connectivity index (χ0) is 15.1. The van der Waals surface area contributed by atoms with E-state index in [1.165, 1.54) is 38.4 Å². The lowest BCUT2D eigenvalue weighted by Crippen LogP contribution is -2.29. The number of aromatic nitrogens is 2. The van der Waals surface area contributed by atoms with Crippen molar-refractivity contribution in [1.82, 2.24) is 14.9 Å². The molecule has 1 aliphatic rings. The van der Waals surface area contributed by atoms with Crippen LogP contribution in [0.1, 0.15) is 62.4 Å². The van der Waals surface area contributed by atoms with E-state index in [1.807, 2.05) is 7.05 Å². The molecule has 0 spiro atoms. The number of carbonyl (C=O) groups excluding carboxylic acids is 1. The highest BCUT2D eigenvalue weighted by molar-refractivity contribution is 5.92. The molecule has 0 bridgehead atoms. The van der Waals surface area contributed by atoms with Crippen LogP contribution in [0.5, 0.6) is 0 Å². The largest absolute Gasteiger partial charge is 0.367 e. The van der Waals surface area contributed by atoms with E-state index in [4.69, 9.17) is 0 Å². The van der Waals surface area contributed by atoms with Crippen molar-refractivity contribution in [3.8, 4) is 0 Å². The number of anilines is 1. The van der Waals surface area contributed by atoms with Gasteiger partial charge in [0.05, 0.1) is 0 Å². The Morgan fingerprint density at radius 3 is 2.81 bits per heavy atom. The molecule has 0 atom stereocenters. The monoisotopic (exact) mass is 290 g/mol. The number of nitrogens with one attached hydrogen (secondary N) is 1. The van der Waals surface area contributed by atoms with Gasteiger partial charge in [-0.15, -0.1) is 0 Å². The summed E-state index contributed by atoms with van der Waals surface area (Å²) in [5.41, 5.74) is 0.474. The van der Waals surface area contributed by atoms with Crippen LogP contribution in [0.25, 0.3) is 0 Å². The van der Waals surface area contributed by atoms with Gasteiger partial charge in [0.1, 0.15) is 17.8 Å². The van der Waals surface area contributed by atoms with E-state index in [1.54, 1.807) is 11.0 Å². The molecular weight excluding hydrogens is 264 g/mol. The van der Waals surface area contributed by atoms with Gasteiger partial charge in [-0.05, 0) is 19.3 Å².